The molecule has 0 N–H and O–H groups in total. The molecule has 59 heavy (non-hydrogen) atoms. The van der Waals surface area contributed by atoms with Gasteiger partial charge in [0.2, 0.25) is 0 Å². The Labute approximate surface area is 350 Å². The average molecular weight is 754 g/mol. The highest BCUT2D eigenvalue weighted by Gasteiger charge is 2.21. The van der Waals surface area contributed by atoms with Crippen LogP contribution < -0.4 is 4.90 Å². The first-order valence-electron chi connectivity index (χ1n) is 22.0. The Morgan fingerprint density at radius 2 is 0.712 bits per heavy atom. The second kappa shape index (κ2) is 14.6. The van der Waals surface area contributed by atoms with E-state index in [-0.39, 0.29) is 35.4 Å². The zero-order valence-corrected chi connectivity index (χ0v) is 32.2. The SMILES string of the molecule is [2H]c1c([2H])c(N(c2ccc(-c3c(-c4ccccc4)c4ccccc4c4ccccc34)cc2)c2cc3ccccc3c3ccccc23)c([2H])c([2H])c1-c1ccccc1-c1ccccc1. The molecule has 0 spiro atoms. The fraction of sp³-hybridized carbons (Fsp3) is 0. The molecular formula is C58H39N. The monoisotopic (exact) mass is 753 g/mol. The number of rotatable bonds is 7. The highest BCUT2D eigenvalue weighted by atomic mass is 15.1. The van der Waals surface area contributed by atoms with Gasteiger partial charge in [-0.05, 0) is 112 Å². The number of hydrogen-bond acceptors (Lipinski definition) is 1. The fourth-order valence-corrected chi connectivity index (χ4v) is 8.85. The summed E-state index contributed by atoms with van der Waals surface area (Å²) >= 11 is 0. The zero-order valence-electron chi connectivity index (χ0n) is 36.2. The van der Waals surface area contributed by atoms with Crippen LogP contribution in [0, 0.1) is 0 Å². The maximum absolute atomic E-state index is 9.83. The van der Waals surface area contributed by atoms with Crippen molar-refractivity contribution >= 4 is 60.2 Å². The molecule has 0 heterocycles. The molecule has 276 valence electrons. The van der Waals surface area contributed by atoms with E-state index in [1.807, 2.05) is 89.8 Å². The second-order valence-electron chi connectivity index (χ2n) is 14.9. The fourth-order valence-electron chi connectivity index (χ4n) is 8.85. The third-order valence-corrected chi connectivity index (χ3v) is 11.5. The Morgan fingerprint density at radius 3 is 1.31 bits per heavy atom. The van der Waals surface area contributed by atoms with Gasteiger partial charge in [0.05, 0.1) is 11.2 Å². The minimum absolute atomic E-state index is 0.101. The van der Waals surface area contributed by atoms with Gasteiger partial charge in [0.1, 0.15) is 0 Å². The van der Waals surface area contributed by atoms with Crippen molar-refractivity contribution in [1.82, 2.24) is 0 Å². The summed E-state index contributed by atoms with van der Waals surface area (Å²) in [5, 5.41) is 8.75. The van der Waals surface area contributed by atoms with Gasteiger partial charge in [-0.3, -0.25) is 0 Å². The quantitative estimate of drug-likeness (QED) is 0.147. The Hall–Kier alpha value is -7.74. The van der Waals surface area contributed by atoms with Gasteiger partial charge in [-0.1, -0.05) is 206 Å². The highest BCUT2D eigenvalue weighted by Crippen LogP contribution is 2.47. The Kier molecular flexibility index (Phi) is 7.55. The molecule has 0 atom stereocenters. The molecule has 0 bridgehead atoms. The van der Waals surface area contributed by atoms with Crippen molar-refractivity contribution in [2.24, 2.45) is 0 Å². The molecule has 0 aromatic heterocycles. The normalized spacial score (nSPS) is 12.3. The van der Waals surface area contributed by atoms with E-state index in [9.17, 15) is 5.48 Å². The Balaban J connectivity index is 1.17. The summed E-state index contributed by atoms with van der Waals surface area (Å²) < 4.78 is 39.0. The molecule has 0 aliphatic rings. The number of benzene rings is 11. The van der Waals surface area contributed by atoms with E-state index in [4.69, 9.17) is 0 Å². The summed E-state index contributed by atoms with van der Waals surface area (Å²) in [5.41, 5.74) is 8.77. The van der Waals surface area contributed by atoms with Crippen LogP contribution in [-0.2, 0) is 0 Å². The van der Waals surface area contributed by atoms with Gasteiger partial charge in [0.25, 0.3) is 0 Å². The first-order chi connectivity index (χ1) is 31.0. The maximum Gasteiger partial charge on any atom is 0.0645 e. The summed E-state index contributed by atoms with van der Waals surface area (Å²) in [4.78, 5) is 1.93. The number of hydrogen-bond donors (Lipinski definition) is 0. The summed E-state index contributed by atoms with van der Waals surface area (Å²) in [6.07, 6.45) is 0. The summed E-state index contributed by atoms with van der Waals surface area (Å²) in [7, 11) is 0. The summed E-state index contributed by atoms with van der Waals surface area (Å²) in [6.45, 7) is 0. The minimum Gasteiger partial charge on any atom is -0.310 e. The predicted octanol–water partition coefficient (Wildman–Crippen LogP) is 16.4. The summed E-state index contributed by atoms with van der Waals surface area (Å²) in [6, 6.07) is 71.9. The third kappa shape index (κ3) is 6.04. The largest absolute Gasteiger partial charge is 0.310 e. The van der Waals surface area contributed by atoms with E-state index < -0.39 is 0 Å². The molecule has 0 amide bonds. The number of anilines is 3. The molecule has 1 heteroatoms. The van der Waals surface area contributed by atoms with Crippen molar-refractivity contribution in [2.75, 3.05) is 4.90 Å². The zero-order chi connectivity index (χ0) is 42.6. The van der Waals surface area contributed by atoms with E-state index in [2.05, 4.69) is 127 Å². The van der Waals surface area contributed by atoms with Crippen molar-refractivity contribution in [3.63, 3.8) is 0 Å². The van der Waals surface area contributed by atoms with Crippen LogP contribution in [0.25, 0.3) is 87.6 Å². The van der Waals surface area contributed by atoms with Gasteiger partial charge in [-0.15, -0.1) is 0 Å². The molecule has 0 fully saturated rings. The van der Waals surface area contributed by atoms with Gasteiger partial charge in [-0.25, -0.2) is 0 Å². The van der Waals surface area contributed by atoms with Gasteiger partial charge in [0, 0.05) is 16.8 Å². The van der Waals surface area contributed by atoms with Gasteiger partial charge in [0.15, 0.2) is 0 Å². The van der Waals surface area contributed by atoms with E-state index in [1.165, 1.54) is 16.2 Å². The Bertz CT molecular complexity index is 3520. The molecule has 0 saturated heterocycles. The lowest BCUT2D eigenvalue weighted by Crippen LogP contribution is -2.10. The van der Waals surface area contributed by atoms with Crippen molar-refractivity contribution < 1.29 is 5.48 Å². The average Bonchev–Trinajstić information content (AvgIpc) is 3.35. The smallest absolute Gasteiger partial charge is 0.0645 e. The first-order valence-corrected chi connectivity index (χ1v) is 20.0. The van der Waals surface area contributed by atoms with E-state index in [0.717, 1.165) is 66.0 Å². The van der Waals surface area contributed by atoms with Gasteiger partial charge < -0.3 is 4.90 Å². The van der Waals surface area contributed by atoms with Crippen LogP contribution in [0.2, 0.25) is 0 Å². The van der Waals surface area contributed by atoms with Crippen molar-refractivity contribution in [3.05, 3.63) is 236 Å². The number of fused-ring (bicyclic) bond motifs is 6. The summed E-state index contributed by atoms with van der Waals surface area (Å²) in [5.74, 6) is 0. The molecule has 0 saturated carbocycles. The predicted molar refractivity (Wildman–Crippen MR) is 253 cm³/mol. The van der Waals surface area contributed by atoms with Gasteiger partial charge >= 0.3 is 0 Å². The van der Waals surface area contributed by atoms with E-state index >= 15 is 0 Å². The van der Waals surface area contributed by atoms with E-state index in [1.54, 1.807) is 0 Å². The highest BCUT2D eigenvalue weighted by molar-refractivity contribution is 6.21. The lowest BCUT2D eigenvalue weighted by atomic mass is 9.85. The van der Waals surface area contributed by atoms with E-state index in [0.29, 0.717) is 11.3 Å². The van der Waals surface area contributed by atoms with Crippen LogP contribution in [-0.4, -0.2) is 0 Å². The lowest BCUT2D eigenvalue weighted by Gasteiger charge is -2.28. The third-order valence-electron chi connectivity index (χ3n) is 11.5. The molecule has 11 aromatic rings. The second-order valence-corrected chi connectivity index (χ2v) is 14.9. The standard InChI is InChI=1S/C58H39N/c1-3-17-40(18-4-1)47-22-9-10-23-48(47)41-31-35-45(36-32-41)59(56-39-44-21-7-8-24-49(44)50-25-11-14-28-53(50)56)46-37-33-43(34-38-46)58-55-30-16-13-27-52(55)51-26-12-15-29-54(51)57(58)42-19-5-2-6-20-42/h1-39H/i31D,32D,35D,36D. The molecule has 0 radical (unpaired) electrons. The van der Waals surface area contributed by atoms with Gasteiger partial charge in [-0.2, -0.15) is 0 Å². The molecule has 11 rings (SSSR count). The number of nitrogens with zero attached hydrogens (tertiary/aromatic N) is 1. The van der Waals surface area contributed by atoms with Crippen molar-refractivity contribution in [2.45, 2.75) is 0 Å². The maximum atomic E-state index is 9.83. The lowest BCUT2D eigenvalue weighted by molar-refractivity contribution is 1.30. The molecular weight excluding hydrogens is 711 g/mol. The van der Waals surface area contributed by atoms with Crippen LogP contribution in [0.3, 0.4) is 0 Å². The molecule has 0 unspecified atom stereocenters. The van der Waals surface area contributed by atoms with Crippen molar-refractivity contribution in [3.8, 4) is 44.5 Å². The molecule has 0 aliphatic heterocycles. The van der Waals surface area contributed by atoms with Crippen LogP contribution in [0.15, 0.2) is 236 Å². The van der Waals surface area contributed by atoms with Crippen molar-refractivity contribution in [1.29, 1.82) is 0 Å². The molecule has 0 aliphatic carbocycles. The Morgan fingerprint density at radius 1 is 0.288 bits per heavy atom. The van der Waals surface area contributed by atoms with Crippen LogP contribution in [0.5, 0.6) is 0 Å². The first kappa shape index (κ1) is 30.4. The van der Waals surface area contributed by atoms with Crippen LogP contribution in [0.1, 0.15) is 5.48 Å². The topological polar surface area (TPSA) is 3.24 Å². The van der Waals surface area contributed by atoms with Crippen LogP contribution in [0.4, 0.5) is 17.1 Å². The van der Waals surface area contributed by atoms with Crippen LogP contribution >= 0.6 is 0 Å². The minimum atomic E-state index is -0.123. The molecule has 11 aromatic carbocycles. The molecule has 1 nitrogen and oxygen atoms in total.